The van der Waals surface area contributed by atoms with Crippen LogP contribution in [0.5, 0.6) is 5.75 Å². The van der Waals surface area contributed by atoms with Crippen molar-refractivity contribution in [3.05, 3.63) is 29.3 Å². The number of rotatable bonds is 4. The van der Waals surface area contributed by atoms with Crippen molar-refractivity contribution in [2.24, 2.45) is 5.41 Å². The van der Waals surface area contributed by atoms with Crippen molar-refractivity contribution >= 4 is 5.78 Å². The number of carbonyl (C=O) groups excluding carboxylic acids is 1. The zero-order chi connectivity index (χ0) is 14.0. The molecule has 0 spiro atoms. The van der Waals surface area contributed by atoms with Gasteiger partial charge in [0.1, 0.15) is 5.75 Å². The largest absolute Gasteiger partial charge is 0.496 e. The molecule has 1 aromatic carbocycles. The van der Waals surface area contributed by atoms with E-state index >= 15 is 0 Å². The normalized spacial score (nSPS) is 18.5. The first-order valence-corrected chi connectivity index (χ1v) is 6.81. The van der Waals surface area contributed by atoms with E-state index in [9.17, 15) is 4.79 Å². The van der Waals surface area contributed by atoms with Gasteiger partial charge in [0.2, 0.25) is 0 Å². The molecule has 1 saturated heterocycles. The highest BCUT2D eigenvalue weighted by atomic mass is 16.5. The molecule has 1 heterocycles. The molecule has 0 saturated carbocycles. The van der Waals surface area contributed by atoms with Gasteiger partial charge in [0.15, 0.2) is 5.78 Å². The Morgan fingerprint density at radius 3 is 2.74 bits per heavy atom. The maximum absolute atomic E-state index is 12.4. The predicted octanol–water partition coefficient (Wildman–Crippen LogP) is 2.92. The lowest BCUT2D eigenvalue weighted by Gasteiger charge is -2.19. The van der Waals surface area contributed by atoms with E-state index in [2.05, 4.69) is 18.7 Å². The first-order valence-electron chi connectivity index (χ1n) is 6.81. The number of hydrogen-bond acceptors (Lipinski definition) is 3. The Bertz CT molecular complexity index is 480. The van der Waals surface area contributed by atoms with Crippen LogP contribution in [0.25, 0.3) is 0 Å². The van der Waals surface area contributed by atoms with Crippen LogP contribution in [-0.4, -0.2) is 37.4 Å². The summed E-state index contributed by atoms with van der Waals surface area (Å²) in [5.41, 5.74) is 2.13. The van der Waals surface area contributed by atoms with Crippen LogP contribution in [-0.2, 0) is 0 Å². The fourth-order valence-corrected chi connectivity index (χ4v) is 2.68. The maximum atomic E-state index is 12.4. The average Bonchev–Trinajstić information content (AvgIpc) is 2.68. The quantitative estimate of drug-likeness (QED) is 0.780. The van der Waals surface area contributed by atoms with Crippen LogP contribution in [0.15, 0.2) is 18.2 Å². The highest BCUT2D eigenvalue weighted by Crippen LogP contribution is 2.29. The molecule has 1 aromatic rings. The second kappa shape index (κ2) is 5.33. The number of nitrogens with zero attached hydrogens (tertiary/aromatic N) is 1. The van der Waals surface area contributed by atoms with Crippen molar-refractivity contribution in [3.63, 3.8) is 0 Å². The van der Waals surface area contributed by atoms with Crippen molar-refractivity contribution in [1.29, 1.82) is 0 Å². The molecular formula is C16H23NO2. The zero-order valence-electron chi connectivity index (χ0n) is 12.3. The number of aryl methyl sites for hydroxylation is 1. The number of ketones is 1. The molecule has 0 radical (unpaired) electrons. The highest BCUT2D eigenvalue weighted by Gasteiger charge is 2.30. The Morgan fingerprint density at radius 1 is 1.42 bits per heavy atom. The van der Waals surface area contributed by atoms with E-state index in [1.54, 1.807) is 7.11 Å². The van der Waals surface area contributed by atoms with Crippen molar-refractivity contribution in [2.75, 3.05) is 26.7 Å². The molecule has 1 fully saturated rings. The van der Waals surface area contributed by atoms with Gasteiger partial charge in [-0.05, 0) is 43.0 Å². The van der Waals surface area contributed by atoms with E-state index in [0.717, 1.165) is 25.1 Å². The number of hydrogen-bond donors (Lipinski definition) is 0. The van der Waals surface area contributed by atoms with Crippen molar-refractivity contribution in [2.45, 2.75) is 27.2 Å². The van der Waals surface area contributed by atoms with Gasteiger partial charge in [-0.2, -0.15) is 0 Å². The molecule has 0 aromatic heterocycles. The fourth-order valence-electron chi connectivity index (χ4n) is 2.68. The summed E-state index contributed by atoms with van der Waals surface area (Å²) in [6.45, 7) is 9.00. The van der Waals surface area contributed by atoms with Crippen LogP contribution in [0.4, 0.5) is 0 Å². The third kappa shape index (κ3) is 3.35. The topological polar surface area (TPSA) is 29.5 Å². The Kier molecular flexibility index (Phi) is 3.95. The van der Waals surface area contributed by atoms with Gasteiger partial charge >= 0.3 is 0 Å². The summed E-state index contributed by atoms with van der Waals surface area (Å²) in [6, 6.07) is 5.75. The van der Waals surface area contributed by atoms with Crippen LogP contribution in [0.3, 0.4) is 0 Å². The Balaban J connectivity index is 2.08. The SMILES string of the molecule is COc1cc(C)ccc1C(=O)CN1CCC(C)(C)C1. The van der Waals surface area contributed by atoms with Gasteiger partial charge in [0.05, 0.1) is 19.2 Å². The number of likely N-dealkylation sites (tertiary alicyclic amines) is 1. The summed E-state index contributed by atoms with van der Waals surface area (Å²) in [5, 5.41) is 0. The third-order valence-corrected chi connectivity index (χ3v) is 3.78. The van der Waals surface area contributed by atoms with Gasteiger partial charge in [0.25, 0.3) is 0 Å². The van der Waals surface area contributed by atoms with Crippen LogP contribution in [0.2, 0.25) is 0 Å². The molecule has 104 valence electrons. The summed E-state index contributed by atoms with van der Waals surface area (Å²) >= 11 is 0. The number of ether oxygens (including phenoxy) is 1. The molecule has 19 heavy (non-hydrogen) atoms. The van der Waals surface area contributed by atoms with Gasteiger partial charge < -0.3 is 4.74 Å². The van der Waals surface area contributed by atoms with Gasteiger partial charge in [-0.15, -0.1) is 0 Å². The molecule has 0 unspecified atom stereocenters. The summed E-state index contributed by atoms with van der Waals surface area (Å²) in [7, 11) is 1.62. The number of carbonyl (C=O) groups is 1. The molecule has 0 N–H and O–H groups in total. The van der Waals surface area contributed by atoms with E-state index in [-0.39, 0.29) is 5.78 Å². The van der Waals surface area contributed by atoms with Crippen LogP contribution >= 0.6 is 0 Å². The Labute approximate surface area is 115 Å². The van der Waals surface area contributed by atoms with Crippen molar-refractivity contribution in [3.8, 4) is 5.75 Å². The number of Topliss-reactive ketones (excluding diaryl/α,β-unsaturated/α-hetero) is 1. The fraction of sp³-hybridized carbons (Fsp3) is 0.562. The molecule has 2 rings (SSSR count). The minimum Gasteiger partial charge on any atom is -0.496 e. The zero-order valence-corrected chi connectivity index (χ0v) is 12.3. The molecule has 1 aliphatic rings. The molecular weight excluding hydrogens is 238 g/mol. The van der Waals surface area contributed by atoms with Gasteiger partial charge in [-0.3, -0.25) is 9.69 Å². The average molecular weight is 261 g/mol. The minimum atomic E-state index is 0.148. The monoisotopic (exact) mass is 261 g/mol. The van der Waals surface area contributed by atoms with E-state index in [0.29, 0.717) is 23.3 Å². The number of methoxy groups -OCH3 is 1. The maximum Gasteiger partial charge on any atom is 0.180 e. The Hall–Kier alpha value is -1.35. The molecule has 0 atom stereocenters. The van der Waals surface area contributed by atoms with E-state index in [1.807, 2.05) is 25.1 Å². The first kappa shape index (κ1) is 14.1. The van der Waals surface area contributed by atoms with Crippen LogP contribution in [0, 0.1) is 12.3 Å². The van der Waals surface area contributed by atoms with E-state index in [4.69, 9.17) is 4.74 Å². The molecule has 1 aliphatic heterocycles. The smallest absolute Gasteiger partial charge is 0.180 e. The minimum absolute atomic E-state index is 0.148. The van der Waals surface area contributed by atoms with E-state index in [1.165, 1.54) is 0 Å². The number of benzene rings is 1. The molecule has 3 heteroatoms. The lowest BCUT2D eigenvalue weighted by atomic mass is 9.93. The van der Waals surface area contributed by atoms with Crippen molar-refractivity contribution < 1.29 is 9.53 Å². The van der Waals surface area contributed by atoms with E-state index < -0.39 is 0 Å². The third-order valence-electron chi connectivity index (χ3n) is 3.78. The van der Waals surface area contributed by atoms with Gasteiger partial charge in [0, 0.05) is 6.54 Å². The van der Waals surface area contributed by atoms with Gasteiger partial charge in [-0.25, -0.2) is 0 Å². The molecule has 0 aliphatic carbocycles. The summed E-state index contributed by atoms with van der Waals surface area (Å²) in [4.78, 5) is 14.6. The summed E-state index contributed by atoms with van der Waals surface area (Å²) in [6.07, 6.45) is 1.16. The Morgan fingerprint density at radius 2 is 2.16 bits per heavy atom. The predicted molar refractivity (Wildman–Crippen MR) is 76.9 cm³/mol. The van der Waals surface area contributed by atoms with Gasteiger partial charge in [-0.1, -0.05) is 19.9 Å². The lowest BCUT2D eigenvalue weighted by molar-refractivity contribution is 0.0937. The molecule has 0 bridgehead atoms. The second-order valence-electron chi connectivity index (χ2n) is 6.25. The molecule has 3 nitrogen and oxygen atoms in total. The van der Waals surface area contributed by atoms with Crippen LogP contribution in [0.1, 0.15) is 36.2 Å². The first-order chi connectivity index (χ1) is 8.91. The van der Waals surface area contributed by atoms with Crippen molar-refractivity contribution in [1.82, 2.24) is 4.90 Å². The summed E-state index contributed by atoms with van der Waals surface area (Å²) < 4.78 is 5.31. The van der Waals surface area contributed by atoms with Crippen LogP contribution < -0.4 is 4.74 Å². The standard InChI is InChI=1S/C16H23NO2/c1-12-5-6-13(15(9-12)19-4)14(18)10-17-8-7-16(2,3)11-17/h5-6,9H,7-8,10-11H2,1-4H3. The lowest BCUT2D eigenvalue weighted by Crippen LogP contribution is -2.29. The summed E-state index contributed by atoms with van der Waals surface area (Å²) in [5.74, 6) is 0.831. The second-order valence-corrected chi connectivity index (χ2v) is 6.25. The highest BCUT2D eigenvalue weighted by molar-refractivity contribution is 6.00. The molecule has 0 amide bonds.